The predicted molar refractivity (Wildman–Crippen MR) is 281 cm³/mol. The van der Waals surface area contributed by atoms with E-state index in [0.29, 0.717) is 0 Å². The van der Waals surface area contributed by atoms with E-state index < -0.39 is 0 Å². The number of anilines is 3. The summed E-state index contributed by atoms with van der Waals surface area (Å²) in [6.45, 7) is 4.46. The van der Waals surface area contributed by atoms with Crippen molar-refractivity contribution in [1.82, 2.24) is 0 Å². The number of rotatable bonds is 6. The number of para-hydroxylation sites is 3. The van der Waals surface area contributed by atoms with Crippen molar-refractivity contribution < 1.29 is 13.6 Å². The number of fused-ring (bicyclic) bond motifs is 12. The van der Waals surface area contributed by atoms with Gasteiger partial charge in [0, 0.05) is 55.6 Å². The number of nitrogens with zero attached hydrogens (tertiary/aromatic N) is 1. The van der Waals surface area contributed by atoms with Crippen molar-refractivity contribution in [3.8, 4) is 22.6 Å². The fourth-order valence-corrected chi connectivity index (χ4v) is 11.3. The highest BCUT2D eigenvalue weighted by Crippen LogP contribution is 2.51. The Hall–Kier alpha value is -8.54. The van der Waals surface area contributed by atoms with Crippen molar-refractivity contribution in [3.63, 3.8) is 0 Å². The molecular formula is C62H40BNO3. The highest BCUT2D eigenvalue weighted by molar-refractivity contribution is 6.97. The Morgan fingerprint density at radius 3 is 1.70 bits per heavy atom. The molecule has 14 rings (SSSR count). The predicted octanol–water partition coefficient (Wildman–Crippen LogP) is 15.3. The van der Waals surface area contributed by atoms with Crippen LogP contribution in [0.2, 0.25) is 0 Å². The van der Waals surface area contributed by atoms with Crippen molar-refractivity contribution in [2.75, 3.05) is 4.90 Å². The van der Waals surface area contributed by atoms with Crippen LogP contribution in [0.1, 0.15) is 11.1 Å². The van der Waals surface area contributed by atoms with Crippen LogP contribution in [0, 0.1) is 13.8 Å². The Balaban J connectivity index is 0.971. The third-order valence-electron chi connectivity index (χ3n) is 14.2. The van der Waals surface area contributed by atoms with Crippen molar-refractivity contribution in [2.45, 2.75) is 13.8 Å². The molecule has 0 saturated heterocycles. The molecule has 1 aliphatic rings. The molecule has 314 valence electrons. The summed E-state index contributed by atoms with van der Waals surface area (Å²) in [6, 6.07) is 74.2. The average molecular weight is 858 g/mol. The fraction of sp³-hybridized carbons (Fsp3) is 0.0323. The standard InChI is InChI=1S/C62H40BNO3/c1-37-14-12-15-38(2)62(37)63(39-26-30-57-51(32-39)45-20-8-10-23-55(45)65-57)54-36-50-48-22-13-25-59-61(48)53(35-49(50)43-18-6-7-19-44(43)54)47-29-27-42(34-60(47)67-59)64(40-16-4-3-5-17-40)41-28-31-58-52(33-41)46-21-9-11-24-56(46)66-58/h3-36H,1-2H3. The van der Waals surface area contributed by atoms with Crippen LogP contribution >= 0.6 is 0 Å². The van der Waals surface area contributed by atoms with E-state index in [2.05, 4.69) is 207 Å². The summed E-state index contributed by atoms with van der Waals surface area (Å²) in [5.74, 6) is 1.68. The van der Waals surface area contributed by atoms with Gasteiger partial charge in [-0.3, -0.25) is 0 Å². The Morgan fingerprint density at radius 2 is 0.940 bits per heavy atom. The van der Waals surface area contributed by atoms with Gasteiger partial charge in [0.2, 0.25) is 6.71 Å². The van der Waals surface area contributed by atoms with Gasteiger partial charge in [-0.2, -0.15) is 0 Å². The monoisotopic (exact) mass is 857 g/mol. The van der Waals surface area contributed by atoms with Crippen molar-refractivity contribution >= 4 is 116 Å². The molecule has 0 bridgehead atoms. The van der Waals surface area contributed by atoms with E-state index in [1.165, 1.54) is 60.0 Å². The molecule has 0 aliphatic carbocycles. The van der Waals surface area contributed by atoms with E-state index in [9.17, 15) is 0 Å². The van der Waals surface area contributed by atoms with Gasteiger partial charge in [-0.05, 0) is 119 Å². The first-order valence-electron chi connectivity index (χ1n) is 23.0. The summed E-state index contributed by atoms with van der Waals surface area (Å²) in [7, 11) is 0. The van der Waals surface area contributed by atoms with Gasteiger partial charge in [-0.1, -0.05) is 155 Å². The Morgan fingerprint density at radius 1 is 0.358 bits per heavy atom. The maximum absolute atomic E-state index is 7.03. The minimum absolute atomic E-state index is 0.0460. The summed E-state index contributed by atoms with van der Waals surface area (Å²) >= 11 is 0. The number of furan rings is 2. The molecule has 0 spiro atoms. The number of hydrogen-bond donors (Lipinski definition) is 0. The second kappa shape index (κ2) is 14.5. The first kappa shape index (κ1) is 37.8. The molecule has 4 nitrogen and oxygen atoms in total. The lowest BCUT2D eigenvalue weighted by Crippen LogP contribution is -2.54. The average Bonchev–Trinajstić information content (AvgIpc) is 3.93. The van der Waals surface area contributed by atoms with Crippen LogP contribution < -0.4 is 26.0 Å². The maximum atomic E-state index is 7.03. The highest BCUT2D eigenvalue weighted by Gasteiger charge is 2.30. The molecule has 0 saturated carbocycles. The second-order valence-corrected chi connectivity index (χ2v) is 18.0. The van der Waals surface area contributed by atoms with Gasteiger partial charge in [-0.15, -0.1) is 0 Å². The SMILES string of the molecule is Cc1cccc(C)c1B(c1ccc2oc3ccccc3c2c1)c1cc2c3cccc4c3c(cc2c2ccccc12)-c1ccc(N(c2ccccc2)c2ccc3oc5ccccc5c3c2)cc1O4. The maximum Gasteiger partial charge on any atom is 0.242 e. The first-order valence-corrected chi connectivity index (χ1v) is 23.0. The topological polar surface area (TPSA) is 38.8 Å². The zero-order valence-corrected chi connectivity index (χ0v) is 36.9. The molecule has 0 radical (unpaired) electrons. The van der Waals surface area contributed by atoms with E-state index in [-0.39, 0.29) is 6.71 Å². The van der Waals surface area contributed by atoms with Crippen molar-refractivity contribution in [2.24, 2.45) is 0 Å². The largest absolute Gasteiger partial charge is 0.456 e. The molecule has 13 aromatic rings. The van der Waals surface area contributed by atoms with E-state index in [0.717, 1.165) is 83.4 Å². The van der Waals surface area contributed by atoms with Gasteiger partial charge in [0.15, 0.2) is 0 Å². The van der Waals surface area contributed by atoms with Crippen LogP contribution in [0.3, 0.4) is 0 Å². The lowest BCUT2D eigenvalue weighted by atomic mass is 9.35. The van der Waals surface area contributed by atoms with Crippen LogP contribution in [0.5, 0.6) is 11.5 Å². The molecule has 0 fully saturated rings. The minimum Gasteiger partial charge on any atom is -0.456 e. The lowest BCUT2D eigenvalue weighted by Gasteiger charge is -2.28. The summed E-state index contributed by atoms with van der Waals surface area (Å²) in [6.07, 6.45) is 0. The zero-order chi connectivity index (χ0) is 44.3. The third-order valence-corrected chi connectivity index (χ3v) is 14.2. The van der Waals surface area contributed by atoms with Gasteiger partial charge in [0.25, 0.3) is 0 Å². The van der Waals surface area contributed by atoms with E-state index >= 15 is 0 Å². The van der Waals surface area contributed by atoms with E-state index in [1.807, 2.05) is 18.2 Å². The van der Waals surface area contributed by atoms with Crippen LogP contribution in [0.25, 0.3) is 87.3 Å². The zero-order valence-electron chi connectivity index (χ0n) is 36.9. The smallest absolute Gasteiger partial charge is 0.242 e. The molecule has 1 aliphatic heterocycles. The van der Waals surface area contributed by atoms with Crippen LogP contribution in [-0.2, 0) is 0 Å². The first-order chi connectivity index (χ1) is 33.0. The van der Waals surface area contributed by atoms with Gasteiger partial charge < -0.3 is 18.5 Å². The highest BCUT2D eigenvalue weighted by atomic mass is 16.5. The number of hydrogen-bond acceptors (Lipinski definition) is 4. The number of benzene rings is 11. The molecule has 5 heteroatoms. The van der Waals surface area contributed by atoms with Crippen LogP contribution in [-0.4, -0.2) is 6.71 Å². The molecular weight excluding hydrogens is 817 g/mol. The summed E-state index contributed by atoms with van der Waals surface area (Å²) in [5, 5.41) is 11.7. The summed E-state index contributed by atoms with van der Waals surface area (Å²) in [4.78, 5) is 2.30. The summed E-state index contributed by atoms with van der Waals surface area (Å²) in [5.41, 5.74) is 15.3. The molecule has 0 atom stereocenters. The molecule has 0 amide bonds. The molecule has 2 aromatic heterocycles. The van der Waals surface area contributed by atoms with E-state index in [1.54, 1.807) is 0 Å². The lowest BCUT2D eigenvalue weighted by molar-refractivity contribution is 0.487. The number of aryl methyl sites for hydroxylation is 2. The van der Waals surface area contributed by atoms with Crippen LogP contribution in [0.15, 0.2) is 215 Å². The second-order valence-electron chi connectivity index (χ2n) is 18.0. The molecule has 0 unspecified atom stereocenters. The summed E-state index contributed by atoms with van der Waals surface area (Å²) < 4.78 is 19.6. The molecule has 11 aromatic carbocycles. The normalized spacial score (nSPS) is 12.1. The molecule has 0 N–H and O–H groups in total. The van der Waals surface area contributed by atoms with Gasteiger partial charge >= 0.3 is 0 Å². The quantitative estimate of drug-likeness (QED) is 0.123. The van der Waals surface area contributed by atoms with Crippen molar-refractivity contribution in [3.05, 3.63) is 217 Å². The van der Waals surface area contributed by atoms with Gasteiger partial charge in [0.05, 0.1) is 0 Å². The third kappa shape index (κ3) is 5.74. The Kier molecular flexibility index (Phi) is 8.17. The Labute approximate surface area is 386 Å². The molecule has 67 heavy (non-hydrogen) atoms. The fourth-order valence-electron chi connectivity index (χ4n) is 11.3. The van der Waals surface area contributed by atoms with Gasteiger partial charge in [-0.25, -0.2) is 0 Å². The van der Waals surface area contributed by atoms with E-state index in [4.69, 9.17) is 13.6 Å². The Bertz CT molecular complexity index is 4160. The number of ether oxygens (including phenoxy) is 1. The van der Waals surface area contributed by atoms with Crippen LogP contribution in [0.4, 0.5) is 17.1 Å². The van der Waals surface area contributed by atoms with Gasteiger partial charge in [0.1, 0.15) is 33.8 Å². The minimum atomic E-state index is -0.0460. The van der Waals surface area contributed by atoms with Crippen molar-refractivity contribution in [1.29, 1.82) is 0 Å². The molecule has 3 heterocycles.